The van der Waals surface area contributed by atoms with E-state index >= 15 is 0 Å². The van der Waals surface area contributed by atoms with Crippen LogP contribution in [0.2, 0.25) is 0 Å². The molecule has 2 rings (SSSR count). The number of rotatable bonds is 7. The third-order valence-corrected chi connectivity index (χ3v) is 4.27. The molecule has 0 aliphatic rings. The molecule has 2 aromatic carbocycles. The van der Waals surface area contributed by atoms with Crippen molar-refractivity contribution in [3.63, 3.8) is 0 Å². The lowest BCUT2D eigenvalue weighted by atomic mass is 10.1. The monoisotopic (exact) mass is 307 g/mol. The van der Waals surface area contributed by atoms with Gasteiger partial charge in [-0.15, -0.1) is 11.8 Å². The standard InChI is InChI=1S/C17H19F2NS/c1-2-10-20-16(13-6-4-3-5-7-13)12-21-17-11-14(18)8-9-15(17)19/h3-9,11,16,20H,2,10,12H2,1H3. The molecule has 1 atom stereocenters. The first-order chi connectivity index (χ1) is 10.2. The van der Waals surface area contributed by atoms with Crippen LogP contribution in [0.15, 0.2) is 53.4 Å². The summed E-state index contributed by atoms with van der Waals surface area (Å²) in [6.07, 6.45) is 1.03. The predicted molar refractivity (Wildman–Crippen MR) is 84.6 cm³/mol. The van der Waals surface area contributed by atoms with Crippen molar-refractivity contribution >= 4 is 11.8 Å². The summed E-state index contributed by atoms with van der Waals surface area (Å²) in [6.45, 7) is 3.00. The summed E-state index contributed by atoms with van der Waals surface area (Å²) < 4.78 is 26.9. The highest BCUT2D eigenvalue weighted by molar-refractivity contribution is 7.99. The number of hydrogen-bond acceptors (Lipinski definition) is 2. The van der Waals surface area contributed by atoms with E-state index in [4.69, 9.17) is 0 Å². The van der Waals surface area contributed by atoms with Gasteiger partial charge in [-0.25, -0.2) is 8.78 Å². The fraction of sp³-hybridized carbons (Fsp3) is 0.294. The Labute approximate surface area is 128 Å². The Morgan fingerprint density at radius 3 is 2.57 bits per heavy atom. The van der Waals surface area contributed by atoms with Crippen LogP contribution < -0.4 is 5.32 Å². The van der Waals surface area contributed by atoms with Gasteiger partial charge in [-0.2, -0.15) is 0 Å². The first-order valence-electron chi connectivity index (χ1n) is 7.07. The van der Waals surface area contributed by atoms with Crippen LogP contribution >= 0.6 is 11.8 Å². The van der Waals surface area contributed by atoms with Crippen molar-refractivity contribution < 1.29 is 8.78 Å². The lowest BCUT2D eigenvalue weighted by Gasteiger charge is -2.19. The van der Waals surface area contributed by atoms with E-state index in [1.54, 1.807) is 0 Å². The quantitative estimate of drug-likeness (QED) is 0.738. The van der Waals surface area contributed by atoms with Gasteiger partial charge in [0.2, 0.25) is 0 Å². The van der Waals surface area contributed by atoms with Crippen molar-refractivity contribution in [1.29, 1.82) is 0 Å². The smallest absolute Gasteiger partial charge is 0.136 e. The molecule has 1 unspecified atom stereocenters. The largest absolute Gasteiger partial charge is 0.309 e. The van der Waals surface area contributed by atoms with E-state index < -0.39 is 5.82 Å². The molecule has 0 saturated carbocycles. The summed E-state index contributed by atoms with van der Waals surface area (Å²) in [5.74, 6) is -0.120. The van der Waals surface area contributed by atoms with Gasteiger partial charge in [0.05, 0.1) is 0 Å². The molecule has 21 heavy (non-hydrogen) atoms. The number of nitrogens with one attached hydrogen (secondary N) is 1. The molecule has 0 aliphatic heterocycles. The average Bonchev–Trinajstić information content (AvgIpc) is 2.51. The van der Waals surface area contributed by atoms with Crippen LogP contribution in [-0.4, -0.2) is 12.3 Å². The normalized spacial score (nSPS) is 12.3. The summed E-state index contributed by atoms with van der Waals surface area (Å²) in [4.78, 5) is 0.356. The maximum absolute atomic E-state index is 13.7. The Bertz CT molecular complexity index is 560. The van der Waals surface area contributed by atoms with Gasteiger partial charge in [-0.05, 0) is 36.7 Å². The molecule has 0 aromatic heterocycles. The molecular formula is C17H19F2NS. The lowest BCUT2D eigenvalue weighted by molar-refractivity contribution is 0.570. The molecule has 0 heterocycles. The number of halogens is 2. The van der Waals surface area contributed by atoms with Crippen molar-refractivity contribution in [3.8, 4) is 0 Å². The minimum Gasteiger partial charge on any atom is -0.309 e. The first kappa shape index (κ1) is 16.0. The minimum atomic E-state index is -0.406. The second-order valence-corrected chi connectivity index (χ2v) is 5.86. The van der Waals surface area contributed by atoms with Gasteiger partial charge in [0.1, 0.15) is 11.6 Å². The molecule has 1 nitrogen and oxygen atoms in total. The molecule has 0 fully saturated rings. The van der Waals surface area contributed by atoms with E-state index in [-0.39, 0.29) is 11.9 Å². The molecule has 0 bridgehead atoms. The average molecular weight is 307 g/mol. The number of hydrogen-bond donors (Lipinski definition) is 1. The molecular weight excluding hydrogens is 288 g/mol. The zero-order chi connectivity index (χ0) is 15.1. The Morgan fingerprint density at radius 2 is 1.86 bits per heavy atom. The fourth-order valence-corrected chi connectivity index (χ4v) is 3.10. The second kappa shape index (κ2) is 8.15. The van der Waals surface area contributed by atoms with Crippen molar-refractivity contribution in [1.82, 2.24) is 5.32 Å². The van der Waals surface area contributed by atoms with Gasteiger partial charge < -0.3 is 5.32 Å². The van der Waals surface area contributed by atoms with Gasteiger partial charge in [0.15, 0.2) is 0 Å². The number of thioether (sulfide) groups is 1. The minimum absolute atomic E-state index is 0.124. The molecule has 0 saturated heterocycles. The van der Waals surface area contributed by atoms with Crippen LogP contribution in [0.1, 0.15) is 24.9 Å². The topological polar surface area (TPSA) is 12.0 Å². The van der Waals surface area contributed by atoms with E-state index in [9.17, 15) is 8.78 Å². The van der Waals surface area contributed by atoms with E-state index in [1.165, 1.54) is 23.9 Å². The molecule has 0 amide bonds. The molecule has 112 valence electrons. The molecule has 4 heteroatoms. The zero-order valence-electron chi connectivity index (χ0n) is 12.0. The van der Waals surface area contributed by atoms with Gasteiger partial charge in [0.25, 0.3) is 0 Å². The third kappa shape index (κ3) is 4.83. The summed E-state index contributed by atoms with van der Waals surface area (Å²) in [6, 6.07) is 13.7. The Kier molecular flexibility index (Phi) is 6.21. The second-order valence-electron chi connectivity index (χ2n) is 4.80. The van der Waals surface area contributed by atoms with E-state index in [0.29, 0.717) is 10.6 Å². The third-order valence-electron chi connectivity index (χ3n) is 3.14. The molecule has 1 N–H and O–H groups in total. The predicted octanol–water partition coefficient (Wildman–Crippen LogP) is 4.80. The summed E-state index contributed by atoms with van der Waals surface area (Å²) in [7, 11) is 0. The Hall–Kier alpha value is -1.39. The van der Waals surface area contributed by atoms with E-state index in [1.807, 2.05) is 18.2 Å². The van der Waals surface area contributed by atoms with Crippen LogP contribution in [-0.2, 0) is 0 Å². The summed E-state index contributed by atoms with van der Waals surface area (Å²) in [5.41, 5.74) is 1.16. The Balaban J connectivity index is 2.07. The van der Waals surface area contributed by atoms with Gasteiger partial charge in [0, 0.05) is 16.7 Å². The summed E-state index contributed by atoms with van der Waals surface area (Å²) >= 11 is 1.34. The van der Waals surface area contributed by atoms with Crippen molar-refractivity contribution in [2.75, 3.05) is 12.3 Å². The van der Waals surface area contributed by atoms with Crippen LogP contribution in [0.25, 0.3) is 0 Å². The number of benzene rings is 2. The van der Waals surface area contributed by atoms with Crippen LogP contribution in [0.4, 0.5) is 8.78 Å². The maximum Gasteiger partial charge on any atom is 0.136 e. The SMILES string of the molecule is CCCNC(CSc1cc(F)ccc1F)c1ccccc1. The van der Waals surface area contributed by atoms with E-state index in [0.717, 1.165) is 24.6 Å². The first-order valence-corrected chi connectivity index (χ1v) is 8.05. The van der Waals surface area contributed by atoms with Gasteiger partial charge >= 0.3 is 0 Å². The highest BCUT2D eigenvalue weighted by Gasteiger charge is 2.13. The van der Waals surface area contributed by atoms with Gasteiger partial charge in [-0.1, -0.05) is 37.3 Å². The van der Waals surface area contributed by atoms with E-state index in [2.05, 4.69) is 24.4 Å². The Morgan fingerprint density at radius 1 is 1.10 bits per heavy atom. The van der Waals surface area contributed by atoms with Crippen molar-refractivity contribution in [3.05, 3.63) is 65.7 Å². The summed E-state index contributed by atoms with van der Waals surface area (Å²) in [5, 5.41) is 3.45. The van der Waals surface area contributed by atoms with Crippen LogP contribution in [0.3, 0.4) is 0 Å². The highest BCUT2D eigenvalue weighted by atomic mass is 32.2. The highest BCUT2D eigenvalue weighted by Crippen LogP contribution is 2.27. The molecule has 0 radical (unpaired) electrons. The van der Waals surface area contributed by atoms with Gasteiger partial charge in [-0.3, -0.25) is 0 Å². The van der Waals surface area contributed by atoms with Crippen LogP contribution in [0.5, 0.6) is 0 Å². The van der Waals surface area contributed by atoms with Crippen molar-refractivity contribution in [2.45, 2.75) is 24.3 Å². The fourth-order valence-electron chi connectivity index (χ4n) is 2.04. The molecule has 0 aliphatic carbocycles. The lowest BCUT2D eigenvalue weighted by Crippen LogP contribution is -2.24. The molecule has 0 spiro atoms. The maximum atomic E-state index is 13.7. The van der Waals surface area contributed by atoms with Crippen LogP contribution in [0, 0.1) is 11.6 Å². The molecule has 2 aromatic rings. The zero-order valence-corrected chi connectivity index (χ0v) is 12.8. The van der Waals surface area contributed by atoms with Crippen molar-refractivity contribution in [2.24, 2.45) is 0 Å².